The summed E-state index contributed by atoms with van der Waals surface area (Å²) in [5, 5.41) is 0. The van der Waals surface area contributed by atoms with Gasteiger partial charge in [-0.25, -0.2) is 12.8 Å². The van der Waals surface area contributed by atoms with Crippen molar-refractivity contribution < 1.29 is 12.8 Å². The molecule has 0 amide bonds. The molecule has 0 saturated heterocycles. The Morgan fingerprint density at radius 1 is 1.39 bits per heavy atom. The van der Waals surface area contributed by atoms with Crippen LogP contribution in [0.25, 0.3) is 0 Å². The van der Waals surface area contributed by atoms with Crippen molar-refractivity contribution in [1.29, 1.82) is 0 Å². The smallest absolute Gasteiger partial charge is 0.148 e. The molecular formula is C12H19FN2O2S. The summed E-state index contributed by atoms with van der Waals surface area (Å²) in [5.41, 5.74) is 6.90. The molecule has 1 rings (SSSR count). The van der Waals surface area contributed by atoms with Crippen LogP contribution < -0.4 is 5.73 Å². The van der Waals surface area contributed by atoms with Crippen LogP contribution in [0.3, 0.4) is 0 Å². The minimum Gasteiger partial charge on any atom is -0.326 e. The first-order chi connectivity index (χ1) is 8.31. The summed E-state index contributed by atoms with van der Waals surface area (Å²) in [5.74, 6) is -0.222. The van der Waals surface area contributed by atoms with E-state index in [4.69, 9.17) is 5.73 Å². The third kappa shape index (κ3) is 5.12. The molecule has 0 aliphatic rings. The van der Waals surface area contributed by atoms with E-state index in [0.717, 1.165) is 5.56 Å². The van der Waals surface area contributed by atoms with E-state index in [1.807, 2.05) is 0 Å². The standard InChI is InChI=1S/C12H19FN2O2S/c1-15(5-6-18(2,16)17)9-11-7-10(8-14)3-4-12(11)13/h3-4,7H,5-6,8-9,14H2,1-2H3. The summed E-state index contributed by atoms with van der Waals surface area (Å²) >= 11 is 0. The predicted molar refractivity (Wildman–Crippen MR) is 70.3 cm³/mol. The zero-order valence-corrected chi connectivity index (χ0v) is 11.5. The summed E-state index contributed by atoms with van der Waals surface area (Å²) in [6.07, 6.45) is 1.19. The number of rotatable bonds is 6. The molecule has 1 aromatic rings. The van der Waals surface area contributed by atoms with Crippen molar-refractivity contribution in [3.05, 3.63) is 35.1 Å². The van der Waals surface area contributed by atoms with Crippen molar-refractivity contribution in [1.82, 2.24) is 4.90 Å². The third-order valence-electron chi connectivity index (χ3n) is 2.63. The highest BCUT2D eigenvalue weighted by Crippen LogP contribution is 2.12. The normalized spacial score (nSPS) is 12.1. The lowest BCUT2D eigenvalue weighted by Crippen LogP contribution is -2.25. The highest BCUT2D eigenvalue weighted by Gasteiger charge is 2.09. The second kappa shape index (κ2) is 6.26. The van der Waals surface area contributed by atoms with Crippen molar-refractivity contribution >= 4 is 9.84 Å². The minimum absolute atomic E-state index is 0.0711. The van der Waals surface area contributed by atoms with E-state index >= 15 is 0 Å². The maximum absolute atomic E-state index is 13.6. The lowest BCUT2D eigenvalue weighted by Gasteiger charge is -2.17. The lowest BCUT2D eigenvalue weighted by atomic mass is 10.1. The van der Waals surface area contributed by atoms with Crippen molar-refractivity contribution in [3.8, 4) is 0 Å². The highest BCUT2D eigenvalue weighted by atomic mass is 32.2. The van der Waals surface area contributed by atoms with E-state index < -0.39 is 9.84 Å². The Morgan fingerprint density at radius 2 is 2.06 bits per heavy atom. The Bertz CT molecular complexity index is 503. The van der Waals surface area contributed by atoms with Gasteiger partial charge in [0.1, 0.15) is 15.7 Å². The molecule has 102 valence electrons. The van der Waals surface area contributed by atoms with Crippen LogP contribution in [-0.4, -0.2) is 38.9 Å². The number of hydrogen-bond acceptors (Lipinski definition) is 4. The van der Waals surface area contributed by atoms with Gasteiger partial charge in [-0.15, -0.1) is 0 Å². The Morgan fingerprint density at radius 3 is 2.61 bits per heavy atom. The molecule has 0 aromatic heterocycles. The van der Waals surface area contributed by atoms with Crippen molar-refractivity contribution in [2.45, 2.75) is 13.1 Å². The molecule has 0 saturated carbocycles. The van der Waals surface area contributed by atoms with Crippen molar-refractivity contribution in [2.24, 2.45) is 5.73 Å². The number of sulfone groups is 1. The van der Waals surface area contributed by atoms with E-state index in [-0.39, 0.29) is 11.6 Å². The molecule has 18 heavy (non-hydrogen) atoms. The summed E-state index contributed by atoms with van der Waals surface area (Å²) in [6, 6.07) is 4.75. The zero-order chi connectivity index (χ0) is 13.8. The summed E-state index contributed by atoms with van der Waals surface area (Å²) in [6.45, 7) is 1.11. The Balaban J connectivity index is 2.66. The number of hydrogen-bond donors (Lipinski definition) is 1. The molecule has 6 heteroatoms. The molecule has 0 aliphatic carbocycles. The van der Waals surface area contributed by atoms with Gasteiger partial charge in [0.25, 0.3) is 0 Å². The number of benzene rings is 1. The van der Waals surface area contributed by atoms with Gasteiger partial charge in [-0.05, 0) is 18.7 Å². The second-order valence-corrected chi connectivity index (χ2v) is 6.76. The fourth-order valence-corrected chi connectivity index (χ4v) is 2.21. The zero-order valence-electron chi connectivity index (χ0n) is 10.7. The lowest BCUT2D eigenvalue weighted by molar-refractivity contribution is 0.339. The minimum atomic E-state index is -2.99. The molecule has 2 N–H and O–H groups in total. The quantitative estimate of drug-likeness (QED) is 0.832. The molecule has 0 radical (unpaired) electrons. The number of nitrogens with zero attached hydrogens (tertiary/aromatic N) is 1. The van der Waals surface area contributed by atoms with E-state index in [2.05, 4.69) is 0 Å². The van der Waals surface area contributed by atoms with Gasteiger partial charge < -0.3 is 10.6 Å². The van der Waals surface area contributed by atoms with Gasteiger partial charge in [0, 0.05) is 31.5 Å². The van der Waals surface area contributed by atoms with Gasteiger partial charge in [0.05, 0.1) is 5.75 Å². The van der Waals surface area contributed by atoms with Gasteiger partial charge >= 0.3 is 0 Å². The maximum atomic E-state index is 13.6. The van der Waals surface area contributed by atoms with Crippen molar-refractivity contribution in [2.75, 3.05) is 25.6 Å². The molecule has 0 heterocycles. The summed E-state index contributed by atoms with van der Waals surface area (Å²) < 4.78 is 35.6. The third-order valence-corrected chi connectivity index (χ3v) is 3.55. The van der Waals surface area contributed by atoms with Crippen LogP contribution in [0.4, 0.5) is 4.39 Å². The SMILES string of the molecule is CN(CCS(C)(=O)=O)Cc1cc(CN)ccc1F. The van der Waals surface area contributed by atoms with Crippen LogP contribution in [-0.2, 0) is 22.9 Å². The van der Waals surface area contributed by atoms with Crippen LogP contribution in [0.1, 0.15) is 11.1 Å². The average molecular weight is 274 g/mol. The van der Waals surface area contributed by atoms with E-state index in [9.17, 15) is 12.8 Å². The monoisotopic (exact) mass is 274 g/mol. The molecule has 1 aromatic carbocycles. The maximum Gasteiger partial charge on any atom is 0.148 e. The molecule has 0 spiro atoms. The summed E-state index contributed by atoms with van der Waals surface area (Å²) in [4.78, 5) is 1.78. The van der Waals surface area contributed by atoms with Crippen molar-refractivity contribution in [3.63, 3.8) is 0 Å². The molecular weight excluding hydrogens is 255 g/mol. The fraction of sp³-hybridized carbons (Fsp3) is 0.500. The molecule has 0 unspecified atom stereocenters. The molecule has 4 nitrogen and oxygen atoms in total. The van der Waals surface area contributed by atoms with Crippen LogP contribution >= 0.6 is 0 Å². The van der Waals surface area contributed by atoms with Gasteiger partial charge in [-0.3, -0.25) is 0 Å². The van der Waals surface area contributed by atoms with E-state index in [1.54, 1.807) is 24.1 Å². The van der Waals surface area contributed by atoms with Crippen LogP contribution in [0.2, 0.25) is 0 Å². The van der Waals surface area contributed by atoms with E-state index in [0.29, 0.717) is 25.2 Å². The summed E-state index contributed by atoms with van der Waals surface area (Å²) in [7, 11) is -1.23. The van der Waals surface area contributed by atoms with Gasteiger partial charge in [0.15, 0.2) is 0 Å². The fourth-order valence-electron chi connectivity index (χ4n) is 1.57. The van der Waals surface area contributed by atoms with Gasteiger partial charge in [-0.2, -0.15) is 0 Å². The largest absolute Gasteiger partial charge is 0.326 e. The van der Waals surface area contributed by atoms with Crippen LogP contribution in [0, 0.1) is 5.82 Å². The van der Waals surface area contributed by atoms with Crippen LogP contribution in [0.15, 0.2) is 18.2 Å². The topological polar surface area (TPSA) is 63.4 Å². The first-order valence-electron chi connectivity index (χ1n) is 5.65. The Hall–Kier alpha value is -0.980. The number of halogens is 1. The van der Waals surface area contributed by atoms with E-state index in [1.165, 1.54) is 12.3 Å². The molecule has 0 aliphatic heterocycles. The molecule has 0 fully saturated rings. The number of nitrogens with two attached hydrogens (primary N) is 1. The Labute approximate surface area is 108 Å². The molecule has 0 bridgehead atoms. The molecule has 0 atom stereocenters. The second-order valence-electron chi connectivity index (χ2n) is 4.50. The first kappa shape index (κ1) is 15.1. The predicted octanol–water partition coefficient (Wildman–Crippen LogP) is 0.761. The average Bonchev–Trinajstić information content (AvgIpc) is 2.28. The first-order valence-corrected chi connectivity index (χ1v) is 7.71. The van der Waals surface area contributed by atoms with Gasteiger partial charge in [-0.1, -0.05) is 12.1 Å². The van der Waals surface area contributed by atoms with Crippen LogP contribution in [0.5, 0.6) is 0 Å². The Kier molecular flexibility index (Phi) is 5.25. The van der Waals surface area contributed by atoms with Gasteiger partial charge in [0.2, 0.25) is 0 Å². The highest BCUT2D eigenvalue weighted by molar-refractivity contribution is 7.90.